The third-order valence-corrected chi connectivity index (χ3v) is 4.52. The molecule has 0 bridgehead atoms. The number of hydrogen-bond donors (Lipinski definition) is 1. The van der Waals surface area contributed by atoms with Gasteiger partial charge in [-0.2, -0.15) is 0 Å². The summed E-state index contributed by atoms with van der Waals surface area (Å²) in [6, 6.07) is 6.93. The fraction of sp³-hybridized carbons (Fsp3) is 0.250. The first-order valence-electron chi connectivity index (χ1n) is 9.10. The summed E-state index contributed by atoms with van der Waals surface area (Å²) in [6.07, 6.45) is 2.60. The molecule has 0 fully saturated rings. The van der Waals surface area contributed by atoms with Crippen LogP contribution in [-0.2, 0) is 6.54 Å². The maximum absolute atomic E-state index is 12.8. The Bertz CT molecular complexity index is 1240. The van der Waals surface area contributed by atoms with E-state index in [1.807, 2.05) is 0 Å². The number of hydrogen-bond acceptors (Lipinski definition) is 7. The third-order valence-electron chi connectivity index (χ3n) is 4.52. The number of aromatic hydroxyl groups is 1. The van der Waals surface area contributed by atoms with E-state index in [2.05, 4.69) is 4.99 Å². The van der Waals surface area contributed by atoms with Gasteiger partial charge in [-0.1, -0.05) is 0 Å². The number of nitro groups is 1. The van der Waals surface area contributed by atoms with E-state index in [0.29, 0.717) is 17.0 Å². The van der Waals surface area contributed by atoms with Gasteiger partial charge in [0.25, 0.3) is 11.2 Å². The van der Waals surface area contributed by atoms with Gasteiger partial charge in [0.2, 0.25) is 5.88 Å². The second-order valence-electron chi connectivity index (χ2n) is 6.94. The number of furan rings is 1. The highest BCUT2D eigenvalue weighted by molar-refractivity contribution is 5.84. The molecule has 1 N–H and O–H groups in total. The SMILES string of the molecule is Cc1cc([N+](=O)[O-])ccc1N=Cc1c(O)n(Cc2ccco2)c(=O)n(C(C)C)c1=O. The zero-order valence-electron chi connectivity index (χ0n) is 16.6. The van der Waals surface area contributed by atoms with Gasteiger partial charge in [0.15, 0.2) is 0 Å². The fourth-order valence-electron chi connectivity index (χ4n) is 2.98. The van der Waals surface area contributed by atoms with Crippen molar-refractivity contribution in [1.29, 1.82) is 0 Å². The molecule has 2 aromatic heterocycles. The molecule has 2 heterocycles. The molecule has 30 heavy (non-hydrogen) atoms. The lowest BCUT2D eigenvalue weighted by atomic mass is 10.2. The van der Waals surface area contributed by atoms with Gasteiger partial charge < -0.3 is 9.52 Å². The van der Waals surface area contributed by atoms with Crippen molar-refractivity contribution < 1.29 is 14.4 Å². The molecule has 3 rings (SSSR count). The van der Waals surface area contributed by atoms with E-state index >= 15 is 0 Å². The summed E-state index contributed by atoms with van der Waals surface area (Å²) in [4.78, 5) is 40.2. The van der Waals surface area contributed by atoms with Gasteiger partial charge in [-0.3, -0.25) is 29.0 Å². The molecule has 10 nitrogen and oxygen atoms in total. The minimum absolute atomic E-state index is 0.0674. The Labute approximate surface area is 170 Å². The number of aromatic nitrogens is 2. The third kappa shape index (κ3) is 3.93. The van der Waals surface area contributed by atoms with E-state index in [1.54, 1.807) is 32.9 Å². The molecule has 156 valence electrons. The molecule has 0 amide bonds. The quantitative estimate of drug-likeness (QED) is 0.376. The molecule has 0 saturated carbocycles. The highest BCUT2D eigenvalue weighted by Crippen LogP contribution is 2.24. The smallest absolute Gasteiger partial charge is 0.334 e. The van der Waals surface area contributed by atoms with Crippen molar-refractivity contribution in [1.82, 2.24) is 9.13 Å². The van der Waals surface area contributed by atoms with Crippen LogP contribution < -0.4 is 11.2 Å². The van der Waals surface area contributed by atoms with Crippen molar-refractivity contribution in [3.8, 4) is 5.88 Å². The minimum atomic E-state index is -0.688. The van der Waals surface area contributed by atoms with Gasteiger partial charge in [0.05, 0.1) is 23.4 Å². The second kappa shape index (κ2) is 8.19. The summed E-state index contributed by atoms with van der Waals surface area (Å²) in [5.41, 5.74) is -0.706. The van der Waals surface area contributed by atoms with Gasteiger partial charge in [0, 0.05) is 24.4 Å². The number of aryl methyl sites for hydroxylation is 1. The zero-order valence-corrected chi connectivity index (χ0v) is 16.6. The largest absolute Gasteiger partial charge is 0.494 e. The first kappa shape index (κ1) is 20.8. The fourth-order valence-corrected chi connectivity index (χ4v) is 2.98. The van der Waals surface area contributed by atoms with E-state index in [-0.39, 0.29) is 17.8 Å². The van der Waals surface area contributed by atoms with Crippen LogP contribution in [0.1, 0.15) is 36.8 Å². The Hall–Kier alpha value is -3.95. The van der Waals surface area contributed by atoms with E-state index < -0.39 is 28.1 Å². The van der Waals surface area contributed by atoms with Crippen molar-refractivity contribution in [2.24, 2.45) is 4.99 Å². The second-order valence-corrected chi connectivity index (χ2v) is 6.94. The van der Waals surface area contributed by atoms with Crippen LogP contribution in [0.2, 0.25) is 0 Å². The Morgan fingerprint density at radius 1 is 1.30 bits per heavy atom. The van der Waals surface area contributed by atoms with Crippen molar-refractivity contribution in [3.63, 3.8) is 0 Å². The van der Waals surface area contributed by atoms with Crippen LogP contribution >= 0.6 is 0 Å². The molecule has 0 aliphatic rings. The highest BCUT2D eigenvalue weighted by atomic mass is 16.6. The molecule has 0 saturated heterocycles. The molecule has 10 heteroatoms. The van der Waals surface area contributed by atoms with Crippen molar-refractivity contribution in [2.45, 2.75) is 33.4 Å². The van der Waals surface area contributed by atoms with Gasteiger partial charge in [0.1, 0.15) is 11.3 Å². The number of nitro benzene ring substituents is 1. The lowest BCUT2D eigenvalue weighted by Gasteiger charge is -2.15. The van der Waals surface area contributed by atoms with Crippen LogP contribution in [-0.4, -0.2) is 25.4 Å². The van der Waals surface area contributed by atoms with Gasteiger partial charge >= 0.3 is 5.69 Å². The van der Waals surface area contributed by atoms with Gasteiger partial charge in [-0.05, 0) is 44.5 Å². The van der Waals surface area contributed by atoms with E-state index in [1.165, 1.54) is 24.5 Å². The summed E-state index contributed by atoms with van der Waals surface area (Å²) in [7, 11) is 0. The average molecular weight is 412 g/mol. The first-order chi connectivity index (χ1) is 14.2. The predicted molar refractivity (Wildman–Crippen MR) is 110 cm³/mol. The molecule has 0 aliphatic carbocycles. The normalized spacial score (nSPS) is 11.5. The summed E-state index contributed by atoms with van der Waals surface area (Å²) >= 11 is 0. The van der Waals surface area contributed by atoms with Crippen LogP contribution in [0.3, 0.4) is 0 Å². The van der Waals surface area contributed by atoms with Crippen molar-refractivity contribution in [2.75, 3.05) is 0 Å². The Morgan fingerprint density at radius 3 is 2.60 bits per heavy atom. The number of non-ortho nitro benzene ring substituents is 1. The Kier molecular flexibility index (Phi) is 5.67. The lowest BCUT2D eigenvalue weighted by molar-refractivity contribution is -0.384. The lowest BCUT2D eigenvalue weighted by Crippen LogP contribution is -2.42. The van der Waals surface area contributed by atoms with E-state index in [9.17, 15) is 24.8 Å². The zero-order chi connectivity index (χ0) is 22.0. The topological polar surface area (TPSA) is 133 Å². The molecular formula is C20H20N4O6. The van der Waals surface area contributed by atoms with Crippen LogP contribution in [0.15, 0.2) is 55.6 Å². The van der Waals surface area contributed by atoms with E-state index in [0.717, 1.165) is 15.3 Å². The van der Waals surface area contributed by atoms with Crippen LogP contribution in [0, 0.1) is 17.0 Å². The van der Waals surface area contributed by atoms with Crippen LogP contribution in [0.4, 0.5) is 11.4 Å². The standard InChI is InChI=1S/C20H20N4O6/c1-12(2)23-19(26)16(10-21-17-7-6-14(24(28)29)9-13(17)3)18(25)22(20(23)27)11-15-5-4-8-30-15/h4-10,12,25H,11H2,1-3H3. The van der Waals surface area contributed by atoms with Gasteiger partial charge in [-0.25, -0.2) is 4.79 Å². The number of benzene rings is 1. The molecular weight excluding hydrogens is 392 g/mol. The predicted octanol–water partition coefficient (Wildman–Crippen LogP) is 2.91. The molecule has 0 radical (unpaired) electrons. The molecule has 0 unspecified atom stereocenters. The summed E-state index contributed by atoms with van der Waals surface area (Å²) in [6.45, 7) is 4.93. The van der Waals surface area contributed by atoms with Crippen molar-refractivity contribution >= 4 is 17.6 Å². The number of aliphatic imine (C=N–C) groups is 1. The number of nitrogens with zero attached hydrogens (tertiary/aromatic N) is 4. The number of rotatable bonds is 6. The van der Waals surface area contributed by atoms with Crippen molar-refractivity contribution in [3.05, 3.63) is 84.4 Å². The maximum Gasteiger partial charge on any atom is 0.334 e. The molecule has 0 atom stereocenters. The molecule has 1 aromatic carbocycles. The molecule has 0 spiro atoms. The van der Waals surface area contributed by atoms with E-state index in [4.69, 9.17) is 4.42 Å². The Balaban J connectivity index is 2.13. The summed E-state index contributed by atoms with van der Waals surface area (Å²) in [5, 5.41) is 21.5. The monoisotopic (exact) mass is 412 g/mol. The van der Waals surface area contributed by atoms with Gasteiger partial charge in [-0.15, -0.1) is 0 Å². The van der Waals surface area contributed by atoms with Crippen LogP contribution in [0.5, 0.6) is 5.88 Å². The maximum atomic E-state index is 12.8. The highest BCUT2D eigenvalue weighted by Gasteiger charge is 2.20. The van der Waals surface area contributed by atoms with Crippen LogP contribution in [0.25, 0.3) is 0 Å². The summed E-state index contributed by atoms with van der Waals surface area (Å²) in [5.74, 6) is -0.114. The Morgan fingerprint density at radius 2 is 2.03 bits per heavy atom. The molecule has 3 aromatic rings. The first-order valence-corrected chi connectivity index (χ1v) is 9.10. The average Bonchev–Trinajstić information content (AvgIpc) is 3.19. The minimum Gasteiger partial charge on any atom is -0.494 e. The molecule has 0 aliphatic heterocycles. The summed E-state index contributed by atoms with van der Waals surface area (Å²) < 4.78 is 7.30.